The van der Waals surface area contributed by atoms with E-state index in [-0.39, 0.29) is 25.9 Å². The van der Waals surface area contributed by atoms with Gasteiger partial charge in [0, 0.05) is 0 Å². The molecule has 0 N–H and O–H groups in total. The second-order valence-corrected chi connectivity index (χ2v) is 2.03. The van der Waals surface area contributed by atoms with Crippen molar-refractivity contribution in [3.63, 3.8) is 0 Å². The number of hydrogen-bond acceptors (Lipinski definition) is 3. The first kappa shape index (κ1) is 11.9. The molecular formula is C9H14O3. The van der Waals surface area contributed by atoms with E-state index < -0.39 is 0 Å². The van der Waals surface area contributed by atoms with Crippen LogP contribution in [0.25, 0.3) is 0 Å². The van der Waals surface area contributed by atoms with Gasteiger partial charge in [-0.2, -0.15) is 0 Å². The van der Waals surface area contributed by atoms with Crippen molar-refractivity contribution >= 4 is 0 Å². The Bertz CT molecular complexity index is 77.8. The molecule has 0 amide bonds. The smallest absolute Gasteiger partial charge is 0.104 e. The Morgan fingerprint density at radius 2 is 1.33 bits per heavy atom. The largest absolute Gasteiger partial charge is 0.378 e. The maximum absolute atomic E-state index is 5.18. The van der Waals surface area contributed by atoms with Crippen LogP contribution in [0.1, 0.15) is 0 Å². The fourth-order valence-corrected chi connectivity index (χ4v) is 0.679. The summed E-state index contributed by atoms with van der Waals surface area (Å²) in [6.07, 6.45) is -0.193. The molecule has 0 bridgehead atoms. The number of rotatable bonds is 8. The van der Waals surface area contributed by atoms with E-state index in [4.69, 9.17) is 35.0 Å². The molecule has 0 aromatic carbocycles. The maximum atomic E-state index is 5.18. The van der Waals surface area contributed by atoms with E-state index in [1.807, 2.05) is 0 Å². The predicted molar refractivity (Wildman–Crippen MR) is 44.3 cm³/mol. The molecule has 0 aromatic rings. The van der Waals surface area contributed by atoms with Gasteiger partial charge in [-0.25, -0.2) is 0 Å². The van der Waals surface area contributed by atoms with Crippen LogP contribution >= 0.6 is 0 Å². The highest BCUT2D eigenvalue weighted by Gasteiger charge is 2.07. The lowest BCUT2D eigenvalue weighted by molar-refractivity contribution is -0.0439. The molecule has 0 spiro atoms. The van der Waals surface area contributed by atoms with Gasteiger partial charge in [0.15, 0.2) is 0 Å². The summed E-state index contributed by atoms with van der Waals surface area (Å²) < 4.78 is 14.9. The Morgan fingerprint density at radius 1 is 0.833 bits per heavy atom. The van der Waals surface area contributed by atoms with Gasteiger partial charge in [0.2, 0.25) is 0 Å². The first-order chi connectivity index (χ1) is 5.85. The zero-order chi connectivity index (χ0) is 9.23. The topological polar surface area (TPSA) is 27.7 Å². The highest BCUT2D eigenvalue weighted by molar-refractivity contribution is 4.56. The molecule has 0 rings (SSSR count). The summed E-state index contributed by atoms with van der Waals surface area (Å²) in [6.45, 7) is 16.6. The van der Waals surface area contributed by atoms with E-state index in [9.17, 15) is 0 Å². The summed E-state index contributed by atoms with van der Waals surface area (Å²) in [7, 11) is 0. The van der Waals surface area contributed by atoms with Crippen molar-refractivity contribution in [2.75, 3.05) is 33.0 Å². The Hall–Kier alpha value is -0.120. The van der Waals surface area contributed by atoms with Crippen molar-refractivity contribution in [1.29, 1.82) is 0 Å². The van der Waals surface area contributed by atoms with Gasteiger partial charge >= 0.3 is 0 Å². The van der Waals surface area contributed by atoms with E-state index in [0.717, 1.165) is 0 Å². The van der Waals surface area contributed by atoms with Gasteiger partial charge < -0.3 is 14.2 Å². The van der Waals surface area contributed by atoms with Gasteiger partial charge in [-0.15, -0.1) is 0 Å². The Kier molecular flexibility index (Phi) is 8.88. The number of hydrogen-bond donors (Lipinski definition) is 0. The van der Waals surface area contributed by atoms with Crippen LogP contribution in [0, 0.1) is 20.8 Å². The molecule has 3 heteroatoms. The summed E-state index contributed by atoms with van der Waals surface area (Å²) >= 11 is 0. The van der Waals surface area contributed by atoms with Gasteiger partial charge in [-0.1, -0.05) is 0 Å². The molecule has 12 heavy (non-hydrogen) atoms. The standard InChI is InChI=1S/C9H14O3/c1-4-10-7-9(12-6-3)8-11-5-2/h1-3,9H,4-8H2. The zero-order valence-corrected chi connectivity index (χ0v) is 7.07. The summed E-state index contributed by atoms with van der Waals surface area (Å²) in [5.74, 6) is 0. The van der Waals surface area contributed by atoms with Crippen LogP contribution in [0.3, 0.4) is 0 Å². The van der Waals surface area contributed by atoms with Crippen LogP contribution in [-0.4, -0.2) is 39.1 Å². The number of ether oxygens (including phenoxy) is 3. The molecule has 0 heterocycles. The molecule has 0 fully saturated rings. The lowest BCUT2D eigenvalue weighted by Crippen LogP contribution is -2.25. The third-order valence-electron chi connectivity index (χ3n) is 1.18. The zero-order valence-electron chi connectivity index (χ0n) is 7.07. The molecule has 0 saturated heterocycles. The van der Waals surface area contributed by atoms with Gasteiger partial charge in [0.25, 0.3) is 0 Å². The third-order valence-corrected chi connectivity index (χ3v) is 1.18. The Labute approximate surface area is 75.0 Å². The lowest BCUT2D eigenvalue weighted by atomic mass is 10.4. The van der Waals surface area contributed by atoms with E-state index in [2.05, 4.69) is 0 Å². The van der Waals surface area contributed by atoms with Crippen LogP contribution in [-0.2, 0) is 14.2 Å². The molecule has 3 nitrogen and oxygen atoms in total. The van der Waals surface area contributed by atoms with Crippen LogP contribution < -0.4 is 0 Å². The first-order valence-electron chi connectivity index (χ1n) is 3.72. The molecule has 0 saturated carbocycles. The molecule has 0 atom stereocenters. The second kappa shape index (κ2) is 8.97. The molecule has 0 aliphatic rings. The predicted octanol–water partition coefficient (Wildman–Crippen LogP) is 0.538. The average Bonchev–Trinajstić information content (AvgIpc) is 2.10. The van der Waals surface area contributed by atoms with Crippen LogP contribution in [0.2, 0.25) is 0 Å². The molecule has 68 valence electrons. The SMILES string of the molecule is [CH]COCC(COC[CH])OC[CH]. The van der Waals surface area contributed by atoms with Crippen molar-refractivity contribution in [2.24, 2.45) is 0 Å². The van der Waals surface area contributed by atoms with E-state index in [1.165, 1.54) is 0 Å². The highest BCUT2D eigenvalue weighted by atomic mass is 16.6. The van der Waals surface area contributed by atoms with E-state index >= 15 is 0 Å². The highest BCUT2D eigenvalue weighted by Crippen LogP contribution is 1.94. The Balaban J connectivity index is 3.40. The van der Waals surface area contributed by atoms with Crippen molar-refractivity contribution in [3.8, 4) is 0 Å². The van der Waals surface area contributed by atoms with Crippen molar-refractivity contribution in [2.45, 2.75) is 6.10 Å². The lowest BCUT2D eigenvalue weighted by Gasteiger charge is -2.15. The third kappa shape index (κ3) is 6.58. The molecule has 0 aliphatic heterocycles. The summed E-state index contributed by atoms with van der Waals surface area (Å²) in [6, 6.07) is 0. The molecule has 0 aromatic heterocycles. The Morgan fingerprint density at radius 3 is 1.67 bits per heavy atom. The fraction of sp³-hybridized carbons (Fsp3) is 0.667. The van der Waals surface area contributed by atoms with Crippen LogP contribution in [0.4, 0.5) is 0 Å². The van der Waals surface area contributed by atoms with Gasteiger partial charge in [-0.05, 0) is 20.8 Å². The van der Waals surface area contributed by atoms with E-state index in [1.54, 1.807) is 0 Å². The maximum Gasteiger partial charge on any atom is 0.104 e. The molecule has 6 radical (unpaired) electrons. The van der Waals surface area contributed by atoms with Crippen molar-refractivity contribution in [3.05, 3.63) is 20.8 Å². The minimum absolute atomic E-state index is 0.131. The minimum Gasteiger partial charge on any atom is -0.378 e. The summed E-state index contributed by atoms with van der Waals surface area (Å²) in [5.41, 5.74) is 0. The molecular weight excluding hydrogens is 156 g/mol. The van der Waals surface area contributed by atoms with Crippen molar-refractivity contribution < 1.29 is 14.2 Å². The second-order valence-electron chi connectivity index (χ2n) is 2.03. The van der Waals surface area contributed by atoms with E-state index in [0.29, 0.717) is 13.2 Å². The quantitative estimate of drug-likeness (QED) is 0.532. The van der Waals surface area contributed by atoms with Crippen molar-refractivity contribution in [1.82, 2.24) is 0 Å². The van der Waals surface area contributed by atoms with Gasteiger partial charge in [0.1, 0.15) is 6.10 Å². The fourth-order valence-electron chi connectivity index (χ4n) is 0.679. The normalized spacial score (nSPS) is 11.0. The van der Waals surface area contributed by atoms with Gasteiger partial charge in [-0.3, -0.25) is 0 Å². The molecule has 0 aliphatic carbocycles. The molecule has 0 unspecified atom stereocenters. The van der Waals surface area contributed by atoms with Gasteiger partial charge in [0.05, 0.1) is 33.0 Å². The van der Waals surface area contributed by atoms with Crippen LogP contribution in [0.5, 0.6) is 0 Å². The monoisotopic (exact) mass is 170 g/mol. The van der Waals surface area contributed by atoms with Crippen LogP contribution in [0.15, 0.2) is 0 Å². The minimum atomic E-state index is -0.193. The summed E-state index contributed by atoms with van der Waals surface area (Å²) in [4.78, 5) is 0. The average molecular weight is 170 g/mol. The summed E-state index contributed by atoms with van der Waals surface area (Å²) in [5, 5.41) is 0. The first-order valence-corrected chi connectivity index (χ1v) is 3.72.